The van der Waals surface area contributed by atoms with Crippen molar-refractivity contribution in [1.82, 2.24) is 9.55 Å². The first kappa shape index (κ1) is 15.0. The summed E-state index contributed by atoms with van der Waals surface area (Å²) in [4.78, 5) is 4.33. The van der Waals surface area contributed by atoms with E-state index >= 15 is 0 Å². The first-order chi connectivity index (χ1) is 9.25. The molecular formula is C16H20ClFN2. The smallest absolute Gasteiger partial charge is 0.145 e. The number of aryl methyl sites for hydroxylation is 1. The topological polar surface area (TPSA) is 17.8 Å². The summed E-state index contributed by atoms with van der Waals surface area (Å²) in [7, 11) is 0. The molecule has 0 spiro atoms. The Labute approximate surface area is 124 Å². The predicted molar refractivity (Wildman–Crippen MR) is 81.7 cm³/mol. The molecule has 1 aromatic carbocycles. The van der Waals surface area contributed by atoms with Crippen LogP contribution < -0.4 is 0 Å². The lowest BCUT2D eigenvalue weighted by Crippen LogP contribution is -2.14. The molecule has 0 aliphatic carbocycles. The van der Waals surface area contributed by atoms with E-state index in [1.54, 1.807) is 6.07 Å². The Morgan fingerprint density at radius 3 is 2.50 bits per heavy atom. The number of nitrogens with zero attached hydrogens (tertiary/aromatic N) is 2. The standard InChI is InChI=1S/C16H20ClFN2/c1-6-20-10(2)19-9-14(20)11-7-12(16(3,4)5)15(18)13(17)8-11/h7-9H,6H2,1-5H3. The predicted octanol–water partition coefficient (Wildman–Crippen LogP) is 4.97. The number of hydrogen-bond donors (Lipinski definition) is 0. The molecule has 0 amide bonds. The van der Waals surface area contributed by atoms with Gasteiger partial charge in [-0.3, -0.25) is 0 Å². The number of halogens is 2. The van der Waals surface area contributed by atoms with Crippen LogP contribution in [-0.4, -0.2) is 9.55 Å². The first-order valence-electron chi connectivity index (χ1n) is 6.77. The molecule has 0 aliphatic rings. The third kappa shape index (κ3) is 2.59. The molecule has 2 rings (SSSR count). The fourth-order valence-corrected chi connectivity index (χ4v) is 2.60. The van der Waals surface area contributed by atoms with Crippen LogP contribution in [0.5, 0.6) is 0 Å². The summed E-state index contributed by atoms with van der Waals surface area (Å²) in [5.41, 5.74) is 2.21. The molecule has 0 saturated carbocycles. The van der Waals surface area contributed by atoms with Gasteiger partial charge in [0.2, 0.25) is 0 Å². The fraction of sp³-hybridized carbons (Fsp3) is 0.438. The summed E-state index contributed by atoms with van der Waals surface area (Å²) >= 11 is 6.07. The van der Waals surface area contributed by atoms with Crippen molar-refractivity contribution in [3.8, 4) is 11.3 Å². The summed E-state index contributed by atoms with van der Waals surface area (Å²) in [6.45, 7) is 10.8. The maximum atomic E-state index is 14.2. The van der Waals surface area contributed by atoms with Crippen LogP contribution in [0.25, 0.3) is 11.3 Å². The third-order valence-corrected chi connectivity index (χ3v) is 3.78. The molecule has 108 valence electrons. The highest BCUT2D eigenvalue weighted by Gasteiger charge is 2.22. The number of imidazole rings is 1. The third-order valence-electron chi connectivity index (χ3n) is 3.50. The molecule has 20 heavy (non-hydrogen) atoms. The van der Waals surface area contributed by atoms with Crippen LogP contribution in [0.4, 0.5) is 4.39 Å². The van der Waals surface area contributed by atoms with Gasteiger partial charge in [0.15, 0.2) is 0 Å². The lowest BCUT2D eigenvalue weighted by molar-refractivity contribution is 0.523. The highest BCUT2D eigenvalue weighted by atomic mass is 35.5. The van der Waals surface area contributed by atoms with Crippen molar-refractivity contribution in [3.63, 3.8) is 0 Å². The van der Waals surface area contributed by atoms with Gasteiger partial charge in [-0.25, -0.2) is 9.37 Å². The second-order valence-corrected chi connectivity index (χ2v) is 6.41. The van der Waals surface area contributed by atoms with E-state index in [1.165, 1.54) is 0 Å². The zero-order valence-corrected chi connectivity index (χ0v) is 13.3. The van der Waals surface area contributed by atoms with E-state index in [-0.39, 0.29) is 16.3 Å². The summed E-state index contributed by atoms with van der Waals surface area (Å²) in [5, 5.41) is 0.161. The Bertz CT molecular complexity index is 639. The highest BCUT2D eigenvalue weighted by molar-refractivity contribution is 6.31. The molecule has 0 N–H and O–H groups in total. The van der Waals surface area contributed by atoms with Crippen LogP contribution in [0.2, 0.25) is 5.02 Å². The zero-order valence-electron chi connectivity index (χ0n) is 12.6. The van der Waals surface area contributed by atoms with Crippen LogP contribution in [0.15, 0.2) is 18.3 Å². The quantitative estimate of drug-likeness (QED) is 0.765. The minimum Gasteiger partial charge on any atom is -0.329 e. The fourth-order valence-electron chi connectivity index (χ4n) is 2.38. The Balaban J connectivity index is 2.67. The van der Waals surface area contributed by atoms with Crippen molar-refractivity contribution < 1.29 is 4.39 Å². The molecule has 0 bridgehead atoms. The van der Waals surface area contributed by atoms with Crippen LogP contribution in [0.1, 0.15) is 39.1 Å². The molecular weight excluding hydrogens is 275 g/mol. The SMILES string of the molecule is CCn1c(-c2cc(Cl)c(F)c(C(C)(C)C)c2)cnc1C. The average Bonchev–Trinajstić information content (AvgIpc) is 2.72. The molecule has 2 nitrogen and oxygen atoms in total. The summed E-state index contributed by atoms with van der Waals surface area (Å²) < 4.78 is 16.3. The van der Waals surface area contributed by atoms with Gasteiger partial charge in [-0.05, 0) is 37.0 Å². The van der Waals surface area contributed by atoms with Crippen molar-refractivity contribution in [3.05, 3.63) is 40.6 Å². The van der Waals surface area contributed by atoms with Crippen molar-refractivity contribution in [2.45, 2.75) is 46.6 Å². The minimum absolute atomic E-state index is 0.161. The van der Waals surface area contributed by atoms with Gasteiger partial charge in [-0.15, -0.1) is 0 Å². The van der Waals surface area contributed by atoms with Crippen LogP contribution in [0, 0.1) is 12.7 Å². The van der Waals surface area contributed by atoms with Gasteiger partial charge in [0.25, 0.3) is 0 Å². The van der Waals surface area contributed by atoms with Gasteiger partial charge < -0.3 is 4.57 Å². The van der Waals surface area contributed by atoms with Crippen LogP contribution >= 0.6 is 11.6 Å². The zero-order chi connectivity index (χ0) is 15.1. The highest BCUT2D eigenvalue weighted by Crippen LogP contribution is 2.34. The van der Waals surface area contributed by atoms with Crippen LogP contribution in [-0.2, 0) is 12.0 Å². The first-order valence-corrected chi connectivity index (χ1v) is 7.15. The van der Waals surface area contributed by atoms with Gasteiger partial charge in [0.05, 0.1) is 16.9 Å². The molecule has 0 atom stereocenters. The number of aromatic nitrogens is 2. The molecule has 0 radical (unpaired) electrons. The number of benzene rings is 1. The van der Waals surface area contributed by atoms with E-state index in [0.29, 0.717) is 5.56 Å². The van der Waals surface area contributed by atoms with E-state index in [9.17, 15) is 4.39 Å². The number of rotatable bonds is 2. The Hall–Kier alpha value is -1.35. The lowest BCUT2D eigenvalue weighted by atomic mass is 9.85. The Kier molecular flexibility index (Phi) is 3.92. The molecule has 1 heterocycles. The van der Waals surface area contributed by atoms with Gasteiger partial charge >= 0.3 is 0 Å². The van der Waals surface area contributed by atoms with Gasteiger partial charge in [-0.1, -0.05) is 32.4 Å². The van der Waals surface area contributed by atoms with E-state index < -0.39 is 0 Å². The Morgan fingerprint density at radius 2 is 1.95 bits per heavy atom. The normalized spacial score (nSPS) is 11.9. The minimum atomic E-state index is -0.331. The van der Waals surface area contributed by atoms with Crippen molar-refractivity contribution in [2.75, 3.05) is 0 Å². The summed E-state index contributed by atoms with van der Waals surface area (Å²) in [6, 6.07) is 3.55. The Morgan fingerprint density at radius 1 is 1.30 bits per heavy atom. The van der Waals surface area contributed by atoms with Crippen molar-refractivity contribution >= 4 is 11.6 Å². The van der Waals surface area contributed by atoms with Gasteiger partial charge in [0.1, 0.15) is 11.6 Å². The number of hydrogen-bond acceptors (Lipinski definition) is 1. The van der Waals surface area contributed by atoms with Crippen molar-refractivity contribution in [1.29, 1.82) is 0 Å². The maximum absolute atomic E-state index is 14.2. The van der Waals surface area contributed by atoms with Gasteiger partial charge in [-0.2, -0.15) is 0 Å². The monoisotopic (exact) mass is 294 g/mol. The largest absolute Gasteiger partial charge is 0.329 e. The van der Waals surface area contributed by atoms with Crippen molar-refractivity contribution in [2.24, 2.45) is 0 Å². The average molecular weight is 295 g/mol. The molecule has 0 unspecified atom stereocenters. The maximum Gasteiger partial charge on any atom is 0.145 e. The summed E-state index contributed by atoms with van der Waals surface area (Å²) in [6.07, 6.45) is 1.81. The second kappa shape index (κ2) is 5.21. The molecule has 0 saturated heterocycles. The molecule has 0 aliphatic heterocycles. The molecule has 1 aromatic heterocycles. The lowest BCUT2D eigenvalue weighted by Gasteiger charge is -2.21. The molecule has 4 heteroatoms. The van der Waals surface area contributed by atoms with E-state index in [1.807, 2.05) is 40.0 Å². The van der Waals surface area contributed by atoms with Crippen LogP contribution in [0.3, 0.4) is 0 Å². The van der Waals surface area contributed by atoms with E-state index in [4.69, 9.17) is 11.6 Å². The second-order valence-electron chi connectivity index (χ2n) is 6.00. The molecule has 2 aromatic rings. The molecule has 0 fully saturated rings. The van der Waals surface area contributed by atoms with E-state index in [0.717, 1.165) is 23.6 Å². The van der Waals surface area contributed by atoms with E-state index in [2.05, 4.69) is 16.5 Å². The summed E-state index contributed by atoms with van der Waals surface area (Å²) in [5.74, 6) is 0.613. The van der Waals surface area contributed by atoms with Gasteiger partial charge in [0, 0.05) is 12.1 Å².